The molecule has 0 unspecified atom stereocenters. The van der Waals surface area contributed by atoms with E-state index in [9.17, 15) is 4.79 Å². The van der Waals surface area contributed by atoms with Crippen LogP contribution in [0.2, 0.25) is 0 Å². The number of carbonyl (C=O) groups excluding carboxylic acids is 1. The Bertz CT molecular complexity index is 1110. The Morgan fingerprint density at radius 1 is 1.11 bits per heavy atom. The monoisotopic (exact) mass is 373 g/mol. The molecule has 4 aromatic rings. The molecule has 0 aliphatic carbocycles. The molecule has 0 saturated carbocycles. The summed E-state index contributed by atoms with van der Waals surface area (Å²) >= 11 is 0. The van der Waals surface area contributed by atoms with Crippen molar-refractivity contribution in [1.29, 1.82) is 0 Å². The summed E-state index contributed by atoms with van der Waals surface area (Å²) in [6, 6.07) is 15.3. The summed E-state index contributed by atoms with van der Waals surface area (Å²) in [5, 5.41) is 13.0. The zero-order valence-corrected chi connectivity index (χ0v) is 15.4. The van der Waals surface area contributed by atoms with E-state index in [1.54, 1.807) is 30.3 Å². The lowest BCUT2D eigenvalue weighted by atomic mass is 9.99. The Labute approximate surface area is 162 Å². The minimum Gasteiger partial charge on any atom is -0.378 e. The van der Waals surface area contributed by atoms with Gasteiger partial charge in [-0.2, -0.15) is 0 Å². The van der Waals surface area contributed by atoms with Gasteiger partial charge in [0.25, 0.3) is 5.91 Å². The number of methoxy groups -OCH3 is 1. The van der Waals surface area contributed by atoms with Gasteiger partial charge in [-0.05, 0) is 34.5 Å². The normalized spacial score (nSPS) is 10.9. The average Bonchev–Trinajstić information content (AvgIpc) is 3.16. The Balaban J connectivity index is 1.65. The number of amides is 1. The van der Waals surface area contributed by atoms with Gasteiger partial charge in [0.15, 0.2) is 0 Å². The molecular formula is C21H19N5O2. The molecule has 2 aromatic carbocycles. The summed E-state index contributed by atoms with van der Waals surface area (Å²) in [6.07, 6.45) is 5.15. The van der Waals surface area contributed by atoms with E-state index in [1.165, 1.54) is 0 Å². The average molecular weight is 373 g/mol. The Morgan fingerprint density at radius 2 is 1.96 bits per heavy atom. The van der Waals surface area contributed by atoms with Gasteiger partial charge in [0.1, 0.15) is 5.69 Å². The summed E-state index contributed by atoms with van der Waals surface area (Å²) in [5.41, 5.74) is 3.11. The summed E-state index contributed by atoms with van der Waals surface area (Å²) in [7, 11) is 1.63. The first kappa shape index (κ1) is 17.8. The molecular weight excluding hydrogens is 354 g/mol. The maximum Gasteiger partial charge on any atom is 0.256 e. The number of carbonyl (C=O) groups is 1. The molecule has 1 amide bonds. The van der Waals surface area contributed by atoms with Crippen LogP contribution in [0.15, 0.2) is 67.1 Å². The van der Waals surface area contributed by atoms with Crippen LogP contribution in [0.4, 0.5) is 5.69 Å². The minimum atomic E-state index is -0.168. The number of nitrogens with one attached hydrogen (secondary N) is 1. The Hall–Kier alpha value is -3.58. The molecule has 0 spiro atoms. The van der Waals surface area contributed by atoms with Crippen LogP contribution in [-0.2, 0) is 17.9 Å². The van der Waals surface area contributed by atoms with Gasteiger partial charge in [0.05, 0.1) is 31.2 Å². The van der Waals surface area contributed by atoms with Crippen LogP contribution in [0.25, 0.3) is 10.8 Å². The van der Waals surface area contributed by atoms with Crippen LogP contribution < -0.4 is 5.32 Å². The lowest BCUT2D eigenvalue weighted by molar-refractivity contribution is 0.102. The van der Waals surface area contributed by atoms with Crippen molar-refractivity contribution in [3.05, 3.63) is 83.9 Å². The van der Waals surface area contributed by atoms with Crippen LogP contribution in [-0.4, -0.2) is 33.0 Å². The first-order chi connectivity index (χ1) is 13.7. The molecule has 0 saturated heterocycles. The van der Waals surface area contributed by atoms with Crippen molar-refractivity contribution in [3.63, 3.8) is 0 Å². The lowest BCUT2D eigenvalue weighted by Gasteiger charge is -2.11. The number of ether oxygens (including phenoxy) is 1. The smallest absolute Gasteiger partial charge is 0.256 e. The van der Waals surface area contributed by atoms with E-state index in [2.05, 4.69) is 20.6 Å². The summed E-state index contributed by atoms with van der Waals surface area (Å²) in [5.74, 6) is -0.168. The zero-order chi connectivity index (χ0) is 19.3. The van der Waals surface area contributed by atoms with Crippen LogP contribution in [0.5, 0.6) is 0 Å². The van der Waals surface area contributed by atoms with Gasteiger partial charge in [0, 0.05) is 18.9 Å². The molecule has 0 bridgehead atoms. The van der Waals surface area contributed by atoms with Crippen LogP contribution in [0.1, 0.15) is 21.6 Å². The number of rotatable bonds is 6. The largest absolute Gasteiger partial charge is 0.378 e. The number of aromatic nitrogens is 4. The van der Waals surface area contributed by atoms with Gasteiger partial charge in [0.2, 0.25) is 0 Å². The van der Waals surface area contributed by atoms with E-state index in [0.29, 0.717) is 24.4 Å². The fourth-order valence-corrected chi connectivity index (χ4v) is 3.14. The molecule has 2 heterocycles. The maximum absolute atomic E-state index is 12.8. The summed E-state index contributed by atoms with van der Waals surface area (Å²) in [6.45, 7) is 0.982. The van der Waals surface area contributed by atoms with Crippen molar-refractivity contribution in [1.82, 2.24) is 20.0 Å². The van der Waals surface area contributed by atoms with Crippen molar-refractivity contribution in [2.45, 2.75) is 13.2 Å². The number of anilines is 1. The Kier molecular flexibility index (Phi) is 5.07. The third-order valence-corrected chi connectivity index (χ3v) is 4.39. The van der Waals surface area contributed by atoms with Gasteiger partial charge in [-0.3, -0.25) is 9.78 Å². The number of nitrogens with zero attached hydrogens (tertiary/aromatic N) is 4. The van der Waals surface area contributed by atoms with Crippen LogP contribution in [0.3, 0.4) is 0 Å². The highest BCUT2D eigenvalue weighted by molar-refractivity contribution is 6.13. The minimum absolute atomic E-state index is 0.168. The van der Waals surface area contributed by atoms with E-state index in [4.69, 9.17) is 4.74 Å². The molecule has 0 aliphatic rings. The molecule has 2 aromatic heterocycles. The maximum atomic E-state index is 12.8. The molecule has 7 heteroatoms. The van der Waals surface area contributed by atoms with E-state index in [0.717, 1.165) is 22.0 Å². The summed E-state index contributed by atoms with van der Waals surface area (Å²) < 4.78 is 6.86. The van der Waals surface area contributed by atoms with Crippen molar-refractivity contribution >= 4 is 22.4 Å². The molecule has 0 fully saturated rings. The quantitative estimate of drug-likeness (QED) is 0.561. The van der Waals surface area contributed by atoms with Gasteiger partial charge >= 0.3 is 0 Å². The molecule has 4 rings (SSSR count). The number of pyridine rings is 1. The second-order valence-corrected chi connectivity index (χ2v) is 6.35. The molecule has 140 valence electrons. The first-order valence-corrected chi connectivity index (χ1v) is 8.84. The molecule has 0 atom stereocenters. The van der Waals surface area contributed by atoms with Crippen molar-refractivity contribution in [3.8, 4) is 0 Å². The van der Waals surface area contributed by atoms with Crippen molar-refractivity contribution in [2.75, 3.05) is 12.4 Å². The molecule has 0 aliphatic heterocycles. The van der Waals surface area contributed by atoms with Gasteiger partial charge in [-0.15, -0.1) is 5.10 Å². The molecule has 1 N–H and O–H groups in total. The SMILES string of the molecule is COCc1cn(Cc2ccc(C(=O)Nc3cccnc3)c3ccccc23)nn1. The van der Waals surface area contributed by atoms with Gasteiger partial charge in [-0.1, -0.05) is 35.5 Å². The highest BCUT2D eigenvalue weighted by Crippen LogP contribution is 2.24. The highest BCUT2D eigenvalue weighted by Gasteiger charge is 2.13. The molecule has 28 heavy (non-hydrogen) atoms. The topological polar surface area (TPSA) is 81.9 Å². The summed E-state index contributed by atoms with van der Waals surface area (Å²) in [4.78, 5) is 16.8. The number of benzene rings is 2. The Morgan fingerprint density at radius 3 is 2.75 bits per heavy atom. The van der Waals surface area contributed by atoms with Crippen molar-refractivity contribution in [2.24, 2.45) is 0 Å². The van der Waals surface area contributed by atoms with Crippen LogP contribution >= 0.6 is 0 Å². The van der Waals surface area contributed by atoms with E-state index >= 15 is 0 Å². The van der Waals surface area contributed by atoms with Gasteiger partial charge in [-0.25, -0.2) is 4.68 Å². The number of hydrogen-bond acceptors (Lipinski definition) is 5. The second kappa shape index (κ2) is 7.98. The predicted octanol–water partition coefficient (Wildman–Crippen LogP) is 3.27. The molecule has 0 radical (unpaired) electrons. The van der Waals surface area contributed by atoms with Crippen LogP contribution in [0, 0.1) is 0 Å². The zero-order valence-electron chi connectivity index (χ0n) is 15.4. The van der Waals surface area contributed by atoms with Crippen molar-refractivity contribution < 1.29 is 9.53 Å². The fourth-order valence-electron chi connectivity index (χ4n) is 3.14. The third-order valence-electron chi connectivity index (χ3n) is 4.39. The van der Waals surface area contributed by atoms with Gasteiger partial charge < -0.3 is 10.1 Å². The third kappa shape index (κ3) is 3.74. The number of fused-ring (bicyclic) bond motifs is 1. The van der Waals surface area contributed by atoms with E-state index < -0.39 is 0 Å². The second-order valence-electron chi connectivity index (χ2n) is 6.35. The molecule has 7 nitrogen and oxygen atoms in total. The first-order valence-electron chi connectivity index (χ1n) is 8.84. The van der Waals surface area contributed by atoms with E-state index in [-0.39, 0.29) is 5.91 Å². The number of hydrogen-bond donors (Lipinski definition) is 1. The van der Waals surface area contributed by atoms with E-state index in [1.807, 2.05) is 48.7 Å². The fraction of sp³-hybridized carbons (Fsp3) is 0.143. The standard InChI is InChI=1S/C21H19N5O2/c1-28-14-17-13-26(25-24-17)12-15-8-9-20(19-7-3-2-6-18(15)19)21(27)23-16-5-4-10-22-11-16/h2-11,13H,12,14H2,1H3,(H,23,27). The predicted molar refractivity (Wildman–Crippen MR) is 106 cm³/mol. The highest BCUT2D eigenvalue weighted by atomic mass is 16.5. The lowest BCUT2D eigenvalue weighted by Crippen LogP contribution is -2.13.